The zero-order chi connectivity index (χ0) is 14.5. The summed E-state index contributed by atoms with van der Waals surface area (Å²) < 4.78 is 5.60. The molecule has 0 aliphatic carbocycles. The highest BCUT2D eigenvalue weighted by atomic mass is 35.5. The predicted octanol–water partition coefficient (Wildman–Crippen LogP) is 1.57. The first-order valence-electron chi connectivity index (χ1n) is 6.67. The molecule has 1 fully saturated rings. The van der Waals surface area contributed by atoms with Gasteiger partial charge in [-0.25, -0.2) is 10.8 Å². The summed E-state index contributed by atoms with van der Waals surface area (Å²) in [6.07, 6.45) is 3.62. The van der Waals surface area contributed by atoms with E-state index in [-0.39, 0.29) is 12.0 Å². The SMILES string of the molecule is CCC1OCCC1CNC(=O)c1cnc(NN)c(Cl)c1. The zero-order valence-corrected chi connectivity index (χ0v) is 12.1. The Bertz CT molecular complexity index is 483. The lowest BCUT2D eigenvalue weighted by Gasteiger charge is -2.17. The Morgan fingerprint density at radius 3 is 3.10 bits per heavy atom. The number of hydrazine groups is 1. The van der Waals surface area contributed by atoms with E-state index in [2.05, 4.69) is 22.7 Å². The van der Waals surface area contributed by atoms with Crippen LogP contribution < -0.4 is 16.6 Å². The highest BCUT2D eigenvalue weighted by molar-refractivity contribution is 6.33. The Balaban J connectivity index is 1.93. The van der Waals surface area contributed by atoms with E-state index in [4.69, 9.17) is 22.2 Å². The monoisotopic (exact) mass is 298 g/mol. The number of hydrogen-bond acceptors (Lipinski definition) is 5. The number of anilines is 1. The number of pyridine rings is 1. The van der Waals surface area contributed by atoms with E-state index in [0.717, 1.165) is 19.4 Å². The van der Waals surface area contributed by atoms with Crippen LogP contribution in [0.25, 0.3) is 0 Å². The molecule has 7 heteroatoms. The molecule has 2 rings (SSSR count). The fourth-order valence-electron chi connectivity index (χ4n) is 2.37. The molecule has 2 unspecified atom stereocenters. The van der Waals surface area contributed by atoms with Crippen LogP contribution in [0.2, 0.25) is 5.02 Å². The number of rotatable bonds is 5. The minimum atomic E-state index is -0.190. The van der Waals surface area contributed by atoms with Gasteiger partial charge in [0.25, 0.3) is 5.91 Å². The van der Waals surface area contributed by atoms with Gasteiger partial charge in [-0.3, -0.25) is 4.79 Å². The van der Waals surface area contributed by atoms with E-state index in [0.29, 0.717) is 28.9 Å². The molecular weight excluding hydrogens is 280 g/mol. The molecule has 20 heavy (non-hydrogen) atoms. The number of carbonyl (C=O) groups is 1. The van der Waals surface area contributed by atoms with Crippen LogP contribution in [0.1, 0.15) is 30.1 Å². The van der Waals surface area contributed by atoms with Crippen LogP contribution in [0.4, 0.5) is 5.82 Å². The minimum Gasteiger partial charge on any atom is -0.378 e. The van der Waals surface area contributed by atoms with E-state index < -0.39 is 0 Å². The second-order valence-electron chi connectivity index (χ2n) is 4.78. The zero-order valence-electron chi connectivity index (χ0n) is 11.4. The molecule has 1 aromatic rings. The number of aromatic nitrogens is 1. The second kappa shape index (κ2) is 6.88. The lowest BCUT2D eigenvalue weighted by Crippen LogP contribution is -2.32. The number of nitrogens with two attached hydrogens (primary N) is 1. The molecule has 0 radical (unpaired) electrons. The van der Waals surface area contributed by atoms with Crippen LogP contribution >= 0.6 is 11.6 Å². The summed E-state index contributed by atoms with van der Waals surface area (Å²) in [5.41, 5.74) is 2.78. The molecule has 6 nitrogen and oxygen atoms in total. The van der Waals surface area contributed by atoms with Crippen molar-refractivity contribution in [3.8, 4) is 0 Å². The van der Waals surface area contributed by atoms with Crippen molar-refractivity contribution >= 4 is 23.3 Å². The Morgan fingerprint density at radius 1 is 1.65 bits per heavy atom. The maximum absolute atomic E-state index is 12.0. The molecule has 1 aliphatic heterocycles. The Labute approximate surface area is 123 Å². The number of amides is 1. The van der Waals surface area contributed by atoms with Gasteiger partial charge in [0.2, 0.25) is 0 Å². The average molecular weight is 299 g/mol. The number of nitrogens with one attached hydrogen (secondary N) is 2. The standard InChI is InChI=1S/C13H19ClN4O2/c1-2-11-8(3-4-20-11)6-17-13(19)9-5-10(14)12(18-15)16-7-9/h5,7-8,11H,2-4,6,15H2,1H3,(H,16,18)(H,17,19). The van der Waals surface area contributed by atoms with E-state index in [1.165, 1.54) is 6.20 Å². The fraction of sp³-hybridized carbons (Fsp3) is 0.538. The summed E-state index contributed by atoms with van der Waals surface area (Å²) in [5, 5.41) is 3.22. The Kier molecular flexibility index (Phi) is 5.17. The molecule has 4 N–H and O–H groups in total. The van der Waals surface area contributed by atoms with Crippen molar-refractivity contribution < 1.29 is 9.53 Å². The number of hydrogen-bond donors (Lipinski definition) is 3. The van der Waals surface area contributed by atoms with Crippen LogP contribution in [0.5, 0.6) is 0 Å². The van der Waals surface area contributed by atoms with Crippen LogP contribution in [-0.4, -0.2) is 30.1 Å². The molecule has 0 aromatic carbocycles. The molecular formula is C13H19ClN4O2. The van der Waals surface area contributed by atoms with Gasteiger partial charge in [0.15, 0.2) is 5.82 Å². The summed E-state index contributed by atoms with van der Waals surface area (Å²) in [6.45, 7) is 3.46. The van der Waals surface area contributed by atoms with Crippen LogP contribution in [0.3, 0.4) is 0 Å². The highest BCUT2D eigenvalue weighted by Gasteiger charge is 2.27. The Hall–Kier alpha value is -1.37. The van der Waals surface area contributed by atoms with Gasteiger partial charge in [-0.15, -0.1) is 0 Å². The van der Waals surface area contributed by atoms with Crippen molar-refractivity contribution in [2.24, 2.45) is 11.8 Å². The largest absolute Gasteiger partial charge is 0.378 e. The van der Waals surface area contributed by atoms with Crippen molar-refractivity contribution in [2.45, 2.75) is 25.9 Å². The minimum absolute atomic E-state index is 0.190. The smallest absolute Gasteiger partial charge is 0.252 e. The third-order valence-electron chi connectivity index (χ3n) is 3.51. The summed E-state index contributed by atoms with van der Waals surface area (Å²) >= 11 is 5.94. The molecule has 0 bridgehead atoms. The third-order valence-corrected chi connectivity index (χ3v) is 3.80. The van der Waals surface area contributed by atoms with Crippen molar-refractivity contribution in [3.63, 3.8) is 0 Å². The Morgan fingerprint density at radius 2 is 2.45 bits per heavy atom. The molecule has 1 aromatic heterocycles. The van der Waals surface area contributed by atoms with Gasteiger partial charge in [0.1, 0.15) is 0 Å². The maximum atomic E-state index is 12.0. The van der Waals surface area contributed by atoms with E-state index in [1.54, 1.807) is 6.07 Å². The van der Waals surface area contributed by atoms with Crippen molar-refractivity contribution in [1.29, 1.82) is 0 Å². The maximum Gasteiger partial charge on any atom is 0.252 e. The number of ether oxygens (including phenoxy) is 1. The lowest BCUT2D eigenvalue weighted by molar-refractivity contribution is 0.0827. The van der Waals surface area contributed by atoms with Gasteiger partial charge < -0.3 is 15.5 Å². The van der Waals surface area contributed by atoms with Crippen molar-refractivity contribution in [3.05, 3.63) is 22.8 Å². The first-order chi connectivity index (χ1) is 9.65. The second-order valence-corrected chi connectivity index (χ2v) is 5.18. The molecule has 2 heterocycles. The lowest BCUT2D eigenvalue weighted by atomic mass is 9.99. The highest BCUT2D eigenvalue weighted by Crippen LogP contribution is 2.23. The summed E-state index contributed by atoms with van der Waals surface area (Å²) in [7, 11) is 0. The van der Waals surface area contributed by atoms with Gasteiger partial charge >= 0.3 is 0 Å². The van der Waals surface area contributed by atoms with E-state index in [1.807, 2.05) is 0 Å². The molecule has 0 spiro atoms. The van der Waals surface area contributed by atoms with Gasteiger partial charge in [-0.1, -0.05) is 18.5 Å². The fourth-order valence-corrected chi connectivity index (χ4v) is 2.59. The molecule has 1 amide bonds. The quantitative estimate of drug-likeness (QED) is 0.567. The molecule has 1 aliphatic rings. The van der Waals surface area contributed by atoms with E-state index >= 15 is 0 Å². The normalized spacial score (nSPS) is 21.8. The number of carbonyl (C=O) groups excluding carboxylic acids is 1. The van der Waals surface area contributed by atoms with Crippen molar-refractivity contribution in [1.82, 2.24) is 10.3 Å². The van der Waals surface area contributed by atoms with E-state index in [9.17, 15) is 4.79 Å². The predicted molar refractivity (Wildman–Crippen MR) is 77.5 cm³/mol. The molecule has 2 atom stereocenters. The third kappa shape index (κ3) is 3.39. The summed E-state index contributed by atoms with van der Waals surface area (Å²) in [5.74, 6) is 5.77. The van der Waals surface area contributed by atoms with Crippen LogP contribution in [0, 0.1) is 5.92 Å². The van der Waals surface area contributed by atoms with Crippen LogP contribution in [0.15, 0.2) is 12.3 Å². The summed E-state index contributed by atoms with van der Waals surface area (Å²) in [4.78, 5) is 16.0. The van der Waals surface area contributed by atoms with Gasteiger partial charge in [-0.05, 0) is 18.9 Å². The molecule has 0 saturated carbocycles. The molecule has 1 saturated heterocycles. The van der Waals surface area contributed by atoms with Crippen molar-refractivity contribution in [2.75, 3.05) is 18.6 Å². The topological polar surface area (TPSA) is 89.3 Å². The summed E-state index contributed by atoms with van der Waals surface area (Å²) in [6, 6.07) is 1.54. The van der Waals surface area contributed by atoms with Gasteiger partial charge in [0, 0.05) is 25.3 Å². The average Bonchev–Trinajstić information content (AvgIpc) is 2.92. The van der Waals surface area contributed by atoms with Gasteiger partial charge in [-0.2, -0.15) is 0 Å². The first-order valence-corrected chi connectivity index (χ1v) is 7.05. The number of nitrogen functional groups attached to an aromatic ring is 1. The number of nitrogens with zero attached hydrogens (tertiary/aromatic N) is 1. The van der Waals surface area contributed by atoms with Crippen LogP contribution in [-0.2, 0) is 4.74 Å². The first kappa shape index (κ1) is 15.0. The number of halogens is 1. The molecule has 110 valence electrons. The van der Waals surface area contributed by atoms with Gasteiger partial charge in [0.05, 0.1) is 16.7 Å².